The first-order valence-electron chi connectivity index (χ1n) is 8.76. The maximum atomic E-state index is 6.30. The number of benzene rings is 2. The molecule has 144 valence electrons. The third kappa shape index (κ3) is 2.95. The van der Waals surface area contributed by atoms with E-state index in [2.05, 4.69) is 4.98 Å². The number of nitrogens with two attached hydrogens (primary N) is 1. The molecule has 0 fully saturated rings. The van der Waals surface area contributed by atoms with Gasteiger partial charge in [0.2, 0.25) is 6.35 Å². The number of hydrogen-bond donors (Lipinski definition) is 1. The second-order valence-electron chi connectivity index (χ2n) is 6.24. The summed E-state index contributed by atoms with van der Waals surface area (Å²) in [6.45, 7) is 1.96. The Balaban J connectivity index is 1.75. The maximum Gasteiger partial charge on any atom is 0.231 e. The van der Waals surface area contributed by atoms with Crippen molar-refractivity contribution in [3.63, 3.8) is 0 Å². The van der Waals surface area contributed by atoms with Crippen molar-refractivity contribution in [2.75, 3.05) is 19.1 Å². The van der Waals surface area contributed by atoms with Gasteiger partial charge >= 0.3 is 0 Å². The van der Waals surface area contributed by atoms with Crippen LogP contribution in [0.3, 0.4) is 0 Å². The van der Waals surface area contributed by atoms with E-state index in [1.807, 2.05) is 54.3 Å². The molecule has 0 radical (unpaired) electrons. The summed E-state index contributed by atoms with van der Waals surface area (Å²) in [6, 6.07) is 13.4. The van der Waals surface area contributed by atoms with Crippen LogP contribution in [0.25, 0.3) is 17.1 Å². The Labute approximate surface area is 162 Å². The first kappa shape index (κ1) is 17.9. The summed E-state index contributed by atoms with van der Waals surface area (Å²) in [4.78, 5) is 5.88. The first-order valence-corrected chi connectivity index (χ1v) is 8.76. The zero-order chi connectivity index (χ0) is 19.7. The quantitative estimate of drug-likeness (QED) is 0.721. The first-order chi connectivity index (χ1) is 13.6. The van der Waals surface area contributed by atoms with E-state index in [9.17, 15) is 0 Å². The molecule has 2 aromatic carbocycles. The number of methoxy groups -OCH3 is 2. The zero-order valence-corrected chi connectivity index (χ0v) is 15.9. The predicted octanol–water partition coefficient (Wildman–Crippen LogP) is 3.83. The monoisotopic (exact) mass is 379 g/mol. The standard InChI is InChI=1S/C21H21N3O4/c1-13-20(16-6-4-5-7-17(16)25-2)28-21(22)24(13)14-8-9-15(18(10-14)26-3)19-11-23-12-27-19/h4-12,21H,22H2,1-3H3. The van der Waals surface area contributed by atoms with Gasteiger partial charge in [-0.05, 0) is 31.2 Å². The molecule has 1 aromatic heterocycles. The highest BCUT2D eigenvalue weighted by Gasteiger charge is 2.32. The maximum absolute atomic E-state index is 6.30. The molecule has 0 amide bonds. The lowest BCUT2D eigenvalue weighted by Gasteiger charge is -2.24. The van der Waals surface area contributed by atoms with Gasteiger partial charge in [0, 0.05) is 11.8 Å². The van der Waals surface area contributed by atoms with Crippen LogP contribution in [0.15, 0.2) is 65.2 Å². The fourth-order valence-corrected chi connectivity index (χ4v) is 3.37. The third-order valence-electron chi connectivity index (χ3n) is 4.70. The van der Waals surface area contributed by atoms with Gasteiger partial charge in [0.1, 0.15) is 11.5 Å². The van der Waals surface area contributed by atoms with Crippen LogP contribution in [0.4, 0.5) is 5.69 Å². The Hall–Kier alpha value is -3.45. The molecule has 0 aliphatic carbocycles. The van der Waals surface area contributed by atoms with Crippen LogP contribution >= 0.6 is 0 Å². The highest BCUT2D eigenvalue weighted by molar-refractivity contribution is 5.77. The topological polar surface area (TPSA) is 83.0 Å². The largest absolute Gasteiger partial charge is 0.496 e. The van der Waals surface area contributed by atoms with E-state index in [1.54, 1.807) is 20.4 Å². The van der Waals surface area contributed by atoms with E-state index in [1.165, 1.54) is 6.39 Å². The number of oxazole rings is 1. The van der Waals surface area contributed by atoms with Gasteiger partial charge in [-0.3, -0.25) is 10.6 Å². The van der Waals surface area contributed by atoms with Crippen molar-refractivity contribution in [2.24, 2.45) is 5.73 Å². The van der Waals surface area contributed by atoms with Crippen LogP contribution in [0, 0.1) is 0 Å². The van der Waals surface area contributed by atoms with Crippen molar-refractivity contribution in [1.29, 1.82) is 0 Å². The van der Waals surface area contributed by atoms with Crippen LogP contribution in [-0.4, -0.2) is 25.6 Å². The van der Waals surface area contributed by atoms with E-state index in [-0.39, 0.29) is 0 Å². The van der Waals surface area contributed by atoms with Crippen molar-refractivity contribution in [1.82, 2.24) is 4.98 Å². The third-order valence-corrected chi connectivity index (χ3v) is 4.70. The fourth-order valence-electron chi connectivity index (χ4n) is 3.37. The summed E-state index contributed by atoms with van der Waals surface area (Å²) in [5.74, 6) is 2.69. The average Bonchev–Trinajstić information content (AvgIpc) is 3.35. The number of nitrogens with zero attached hydrogens (tertiary/aromatic N) is 2. The Bertz CT molecular complexity index is 1010. The van der Waals surface area contributed by atoms with Gasteiger partial charge in [-0.15, -0.1) is 0 Å². The summed E-state index contributed by atoms with van der Waals surface area (Å²) in [5, 5.41) is 0. The molecule has 0 spiro atoms. The van der Waals surface area contributed by atoms with E-state index in [0.717, 1.165) is 28.3 Å². The van der Waals surface area contributed by atoms with Gasteiger partial charge in [-0.2, -0.15) is 0 Å². The van der Waals surface area contributed by atoms with Crippen LogP contribution in [-0.2, 0) is 4.74 Å². The average molecular weight is 379 g/mol. The second kappa shape index (κ2) is 7.28. The SMILES string of the molecule is COc1ccccc1C1=C(C)N(c2ccc(-c3cnco3)c(OC)c2)C(N)O1. The lowest BCUT2D eigenvalue weighted by atomic mass is 10.1. The molecule has 0 bridgehead atoms. The van der Waals surface area contributed by atoms with Gasteiger partial charge in [-0.25, -0.2) is 4.98 Å². The minimum absolute atomic E-state index is 0.632. The van der Waals surface area contributed by atoms with Crippen LogP contribution in [0.1, 0.15) is 12.5 Å². The molecule has 4 rings (SSSR count). The number of ether oxygens (including phenoxy) is 3. The molecule has 7 heteroatoms. The Morgan fingerprint density at radius 1 is 1.04 bits per heavy atom. The number of aromatic nitrogens is 1. The zero-order valence-electron chi connectivity index (χ0n) is 15.9. The van der Waals surface area contributed by atoms with Crippen LogP contribution in [0.5, 0.6) is 11.5 Å². The molecule has 1 aliphatic rings. The minimum Gasteiger partial charge on any atom is -0.496 e. The molecule has 1 atom stereocenters. The molecule has 7 nitrogen and oxygen atoms in total. The Morgan fingerprint density at radius 2 is 1.82 bits per heavy atom. The van der Waals surface area contributed by atoms with E-state index in [0.29, 0.717) is 17.3 Å². The summed E-state index contributed by atoms with van der Waals surface area (Å²) in [6.07, 6.45) is 2.37. The highest BCUT2D eigenvalue weighted by atomic mass is 16.5. The number of hydrogen-bond acceptors (Lipinski definition) is 7. The summed E-state index contributed by atoms with van der Waals surface area (Å²) < 4.78 is 22.4. The Kier molecular flexibility index (Phi) is 4.67. The minimum atomic E-state index is -0.666. The van der Waals surface area contributed by atoms with E-state index < -0.39 is 6.35 Å². The van der Waals surface area contributed by atoms with E-state index >= 15 is 0 Å². The van der Waals surface area contributed by atoms with Crippen molar-refractivity contribution in [2.45, 2.75) is 13.3 Å². The summed E-state index contributed by atoms with van der Waals surface area (Å²) >= 11 is 0. The number of rotatable bonds is 5. The molecule has 0 saturated heterocycles. The summed E-state index contributed by atoms with van der Waals surface area (Å²) in [5.41, 5.74) is 9.68. The highest BCUT2D eigenvalue weighted by Crippen LogP contribution is 2.40. The second-order valence-corrected chi connectivity index (χ2v) is 6.24. The van der Waals surface area contributed by atoms with Crippen molar-refractivity contribution in [3.8, 4) is 22.8 Å². The molecule has 2 heterocycles. The molecule has 1 aliphatic heterocycles. The van der Waals surface area contributed by atoms with Gasteiger partial charge < -0.3 is 18.6 Å². The number of allylic oxidation sites excluding steroid dienone is 1. The van der Waals surface area contributed by atoms with Crippen molar-refractivity contribution < 1.29 is 18.6 Å². The fraction of sp³-hybridized carbons (Fsp3) is 0.190. The Morgan fingerprint density at radius 3 is 2.54 bits per heavy atom. The molecular formula is C21H21N3O4. The molecule has 3 aromatic rings. The van der Waals surface area contributed by atoms with Gasteiger partial charge in [-0.1, -0.05) is 12.1 Å². The molecule has 1 unspecified atom stereocenters. The van der Waals surface area contributed by atoms with Crippen molar-refractivity contribution in [3.05, 3.63) is 66.3 Å². The summed E-state index contributed by atoms with van der Waals surface area (Å²) in [7, 11) is 3.25. The van der Waals surface area contributed by atoms with Crippen LogP contribution < -0.4 is 20.1 Å². The smallest absolute Gasteiger partial charge is 0.231 e. The lowest BCUT2D eigenvalue weighted by molar-refractivity contribution is 0.198. The predicted molar refractivity (Wildman–Crippen MR) is 106 cm³/mol. The van der Waals surface area contributed by atoms with Gasteiger partial charge in [0.25, 0.3) is 0 Å². The lowest BCUT2D eigenvalue weighted by Crippen LogP contribution is -2.37. The normalized spacial score (nSPS) is 16.3. The molecule has 2 N–H and O–H groups in total. The van der Waals surface area contributed by atoms with Gasteiger partial charge in [0.05, 0.1) is 37.2 Å². The molecule has 0 saturated carbocycles. The van der Waals surface area contributed by atoms with Gasteiger partial charge in [0.15, 0.2) is 17.9 Å². The number of anilines is 1. The van der Waals surface area contributed by atoms with E-state index in [4.69, 9.17) is 24.4 Å². The van der Waals surface area contributed by atoms with Crippen LogP contribution in [0.2, 0.25) is 0 Å². The van der Waals surface area contributed by atoms with Crippen molar-refractivity contribution >= 4 is 11.4 Å². The molecule has 28 heavy (non-hydrogen) atoms. The molecular weight excluding hydrogens is 358 g/mol. The number of para-hydroxylation sites is 1.